The van der Waals surface area contributed by atoms with Crippen LogP contribution in [0.2, 0.25) is 0 Å². The summed E-state index contributed by atoms with van der Waals surface area (Å²) in [5, 5.41) is 0. The van der Waals surface area contributed by atoms with Gasteiger partial charge in [-0.15, -0.1) is 11.6 Å². The maximum absolute atomic E-state index is 5.72. The van der Waals surface area contributed by atoms with Crippen molar-refractivity contribution in [1.82, 2.24) is 0 Å². The van der Waals surface area contributed by atoms with Crippen molar-refractivity contribution in [2.45, 2.75) is 19.8 Å². The van der Waals surface area contributed by atoms with Crippen LogP contribution in [0.5, 0.6) is 0 Å². The zero-order valence-corrected chi connectivity index (χ0v) is 8.93. The van der Waals surface area contributed by atoms with Crippen LogP contribution >= 0.6 is 11.6 Å². The van der Waals surface area contributed by atoms with Crippen LogP contribution in [-0.4, -0.2) is 5.88 Å². The molecule has 0 radical (unpaired) electrons. The van der Waals surface area contributed by atoms with E-state index in [1.54, 1.807) is 0 Å². The Kier molecular flexibility index (Phi) is 3.56. The zero-order valence-electron chi connectivity index (χ0n) is 8.18. The minimum Gasteiger partial charge on any atom is -0.122 e. The SMILES string of the molecule is C=C(CCl)c1cccc(C(C)C)c1. The van der Waals surface area contributed by atoms with E-state index in [-0.39, 0.29) is 0 Å². The average molecular weight is 195 g/mol. The van der Waals surface area contributed by atoms with Crippen LogP contribution in [-0.2, 0) is 0 Å². The van der Waals surface area contributed by atoms with E-state index in [1.807, 2.05) is 0 Å². The summed E-state index contributed by atoms with van der Waals surface area (Å²) < 4.78 is 0. The number of allylic oxidation sites excluding steroid dienone is 1. The van der Waals surface area contributed by atoms with E-state index in [0.29, 0.717) is 11.8 Å². The molecule has 0 saturated carbocycles. The number of hydrogen-bond acceptors (Lipinski definition) is 0. The number of rotatable bonds is 3. The number of hydrogen-bond donors (Lipinski definition) is 0. The fraction of sp³-hybridized carbons (Fsp3) is 0.333. The van der Waals surface area contributed by atoms with Gasteiger partial charge >= 0.3 is 0 Å². The Bertz CT molecular complexity index is 300. The monoisotopic (exact) mass is 194 g/mol. The van der Waals surface area contributed by atoms with Gasteiger partial charge < -0.3 is 0 Å². The largest absolute Gasteiger partial charge is 0.122 e. The third-order valence-corrected chi connectivity index (χ3v) is 2.45. The molecule has 0 aliphatic heterocycles. The normalized spacial score (nSPS) is 10.5. The Balaban J connectivity index is 2.98. The summed E-state index contributed by atoms with van der Waals surface area (Å²) in [4.78, 5) is 0. The quantitative estimate of drug-likeness (QED) is 0.637. The van der Waals surface area contributed by atoms with Gasteiger partial charge in [-0.3, -0.25) is 0 Å². The van der Waals surface area contributed by atoms with Crippen LogP contribution in [0.3, 0.4) is 0 Å². The number of alkyl halides is 1. The summed E-state index contributed by atoms with van der Waals surface area (Å²) >= 11 is 5.72. The second-order valence-corrected chi connectivity index (χ2v) is 3.78. The maximum atomic E-state index is 5.72. The van der Waals surface area contributed by atoms with Gasteiger partial charge in [0.15, 0.2) is 0 Å². The van der Waals surface area contributed by atoms with Gasteiger partial charge in [-0.05, 0) is 22.6 Å². The molecular weight excluding hydrogens is 180 g/mol. The van der Waals surface area contributed by atoms with Crippen molar-refractivity contribution in [2.75, 3.05) is 5.88 Å². The number of benzene rings is 1. The third kappa shape index (κ3) is 2.60. The first kappa shape index (κ1) is 10.3. The summed E-state index contributed by atoms with van der Waals surface area (Å²) in [6, 6.07) is 8.41. The molecule has 0 atom stereocenters. The maximum Gasteiger partial charge on any atom is 0.0474 e. The molecule has 0 bridgehead atoms. The molecule has 13 heavy (non-hydrogen) atoms. The predicted octanol–water partition coefficient (Wildman–Crippen LogP) is 4.06. The molecule has 1 rings (SSSR count). The van der Waals surface area contributed by atoms with Gasteiger partial charge in [-0.1, -0.05) is 44.7 Å². The average Bonchev–Trinajstić information content (AvgIpc) is 2.17. The molecule has 0 nitrogen and oxygen atoms in total. The lowest BCUT2D eigenvalue weighted by atomic mass is 9.99. The Morgan fingerprint density at radius 3 is 2.69 bits per heavy atom. The van der Waals surface area contributed by atoms with E-state index in [1.165, 1.54) is 5.56 Å². The molecule has 0 saturated heterocycles. The Morgan fingerprint density at radius 1 is 1.46 bits per heavy atom. The molecule has 0 aliphatic carbocycles. The lowest BCUT2D eigenvalue weighted by molar-refractivity contribution is 0.866. The number of halogens is 1. The van der Waals surface area contributed by atoms with Crippen LogP contribution in [0.4, 0.5) is 0 Å². The molecule has 0 unspecified atom stereocenters. The van der Waals surface area contributed by atoms with Crippen LogP contribution in [0, 0.1) is 0 Å². The molecule has 0 aliphatic rings. The van der Waals surface area contributed by atoms with Crippen molar-refractivity contribution in [3.8, 4) is 0 Å². The van der Waals surface area contributed by atoms with Gasteiger partial charge in [0.1, 0.15) is 0 Å². The Hall–Kier alpha value is -0.750. The fourth-order valence-electron chi connectivity index (χ4n) is 1.19. The van der Waals surface area contributed by atoms with Crippen molar-refractivity contribution < 1.29 is 0 Å². The Labute approximate surface area is 85.2 Å². The highest BCUT2D eigenvalue weighted by Gasteiger charge is 2.01. The molecular formula is C12H15Cl. The van der Waals surface area contributed by atoms with Gasteiger partial charge in [0, 0.05) is 5.88 Å². The molecule has 0 fully saturated rings. The van der Waals surface area contributed by atoms with Crippen LogP contribution < -0.4 is 0 Å². The van der Waals surface area contributed by atoms with Crippen LogP contribution in [0.1, 0.15) is 30.9 Å². The second kappa shape index (κ2) is 4.48. The minimum absolute atomic E-state index is 0.502. The minimum atomic E-state index is 0.502. The highest BCUT2D eigenvalue weighted by atomic mass is 35.5. The van der Waals surface area contributed by atoms with E-state index in [9.17, 15) is 0 Å². The first-order chi connectivity index (χ1) is 6.15. The molecule has 0 N–H and O–H groups in total. The highest BCUT2D eigenvalue weighted by Crippen LogP contribution is 2.20. The molecule has 1 aromatic rings. The highest BCUT2D eigenvalue weighted by molar-refractivity contribution is 6.23. The van der Waals surface area contributed by atoms with Crippen LogP contribution in [0.15, 0.2) is 30.8 Å². The first-order valence-corrected chi connectivity index (χ1v) is 5.02. The van der Waals surface area contributed by atoms with E-state index in [2.05, 4.69) is 44.7 Å². The van der Waals surface area contributed by atoms with Crippen LogP contribution in [0.25, 0.3) is 5.57 Å². The topological polar surface area (TPSA) is 0 Å². The third-order valence-electron chi connectivity index (χ3n) is 2.12. The first-order valence-electron chi connectivity index (χ1n) is 4.49. The van der Waals surface area contributed by atoms with Gasteiger partial charge in [-0.2, -0.15) is 0 Å². The predicted molar refractivity (Wildman–Crippen MR) is 60.3 cm³/mol. The molecule has 0 amide bonds. The second-order valence-electron chi connectivity index (χ2n) is 3.52. The van der Waals surface area contributed by atoms with Gasteiger partial charge in [0.25, 0.3) is 0 Å². The molecule has 1 aromatic carbocycles. The lowest BCUT2D eigenvalue weighted by Gasteiger charge is -2.08. The standard InChI is InChI=1S/C12H15Cl/c1-9(2)11-5-4-6-12(7-11)10(3)8-13/h4-7,9H,3,8H2,1-2H3. The Morgan fingerprint density at radius 2 is 2.15 bits per heavy atom. The van der Waals surface area contributed by atoms with E-state index >= 15 is 0 Å². The van der Waals surface area contributed by atoms with Crippen molar-refractivity contribution in [1.29, 1.82) is 0 Å². The van der Waals surface area contributed by atoms with E-state index < -0.39 is 0 Å². The van der Waals surface area contributed by atoms with Gasteiger partial charge in [-0.25, -0.2) is 0 Å². The molecule has 0 heterocycles. The van der Waals surface area contributed by atoms with Crippen molar-refractivity contribution in [2.24, 2.45) is 0 Å². The van der Waals surface area contributed by atoms with Crippen molar-refractivity contribution in [3.63, 3.8) is 0 Å². The summed E-state index contributed by atoms with van der Waals surface area (Å²) in [7, 11) is 0. The summed E-state index contributed by atoms with van der Waals surface area (Å²) in [5.41, 5.74) is 3.48. The molecule has 70 valence electrons. The lowest BCUT2D eigenvalue weighted by Crippen LogP contribution is -1.90. The van der Waals surface area contributed by atoms with Gasteiger partial charge in [0.05, 0.1) is 0 Å². The summed E-state index contributed by atoms with van der Waals surface area (Å²) in [6.07, 6.45) is 0. The van der Waals surface area contributed by atoms with Crippen molar-refractivity contribution in [3.05, 3.63) is 42.0 Å². The smallest absolute Gasteiger partial charge is 0.0474 e. The summed E-state index contributed by atoms with van der Waals surface area (Å²) in [5.74, 6) is 1.06. The molecule has 0 spiro atoms. The molecule has 0 aromatic heterocycles. The zero-order chi connectivity index (χ0) is 9.84. The summed E-state index contributed by atoms with van der Waals surface area (Å²) in [6.45, 7) is 8.28. The fourth-order valence-corrected chi connectivity index (χ4v) is 1.35. The van der Waals surface area contributed by atoms with Gasteiger partial charge in [0.2, 0.25) is 0 Å². The van der Waals surface area contributed by atoms with E-state index in [4.69, 9.17) is 11.6 Å². The van der Waals surface area contributed by atoms with Crippen molar-refractivity contribution >= 4 is 17.2 Å². The van der Waals surface area contributed by atoms with E-state index in [0.717, 1.165) is 11.1 Å². The molecule has 1 heteroatoms.